The van der Waals surface area contributed by atoms with E-state index in [-0.39, 0.29) is 12.5 Å². The molecule has 1 aliphatic heterocycles. The van der Waals surface area contributed by atoms with Crippen LogP contribution in [-0.4, -0.2) is 63.4 Å². The van der Waals surface area contributed by atoms with E-state index in [1.165, 1.54) is 0 Å². The molecule has 1 atom stereocenters. The van der Waals surface area contributed by atoms with Crippen molar-refractivity contribution in [1.82, 2.24) is 10.2 Å². The van der Waals surface area contributed by atoms with Gasteiger partial charge in [0.2, 0.25) is 0 Å². The molecule has 0 saturated carbocycles. The molecule has 0 aliphatic carbocycles. The van der Waals surface area contributed by atoms with Crippen LogP contribution in [0.15, 0.2) is 24.3 Å². The molecule has 1 heterocycles. The van der Waals surface area contributed by atoms with Gasteiger partial charge in [-0.05, 0) is 24.5 Å². The van der Waals surface area contributed by atoms with Crippen LogP contribution in [0.5, 0.6) is 11.5 Å². The SMILES string of the molecule is COc1ccccc1OCC(=O)NCC(CC(C)C)N1CCOCC1. The number of amides is 1. The maximum absolute atomic E-state index is 12.2. The number of carbonyl (C=O) groups excluding carboxylic acids is 1. The molecule has 0 bridgehead atoms. The van der Waals surface area contributed by atoms with Crippen LogP contribution in [-0.2, 0) is 9.53 Å². The molecule has 1 aromatic carbocycles. The minimum atomic E-state index is -0.118. The molecule has 140 valence electrons. The highest BCUT2D eigenvalue weighted by atomic mass is 16.5. The highest BCUT2D eigenvalue weighted by Gasteiger charge is 2.22. The first-order valence-corrected chi connectivity index (χ1v) is 8.94. The van der Waals surface area contributed by atoms with Gasteiger partial charge in [0.05, 0.1) is 20.3 Å². The monoisotopic (exact) mass is 350 g/mol. The average molecular weight is 350 g/mol. The third kappa shape index (κ3) is 6.55. The van der Waals surface area contributed by atoms with Gasteiger partial charge in [0, 0.05) is 25.7 Å². The van der Waals surface area contributed by atoms with Crippen LogP contribution in [0.3, 0.4) is 0 Å². The molecule has 2 rings (SSSR count). The van der Waals surface area contributed by atoms with Crippen molar-refractivity contribution in [2.24, 2.45) is 5.92 Å². The Balaban J connectivity index is 1.81. The second-order valence-corrected chi connectivity index (χ2v) is 6.68. The number of methoxy groups -OCH3 is 1. The summed E-state index contributed by atoms with van der Waals surface area (Å²) in [5.74, 6) is 1.66. The third-order valence-corrected chi connectivity index (χ3v) is 4.27. The molecule has 1 amide bonds. The molecular formula is C19H30N2O4. The van der Waals surface area contributed by atoms with Crippen LogP contribution in [0.25, 0.3) is 0 Å². The number of hydrogen-bond donors (Lipinski definition) is 1. The van der Waals surface area contributed by atoms with Crippen molar-refractivity contribution in [2.45, 2.75) is 26.3 Å². The molecule has 6 heteroatoms. The predicted molar refractivity (Wildman–Crippen MR) is 97.1 cm³/mol. The second-order valence-electron chi connectivity index (χ2n) is 6.68. The molecule has 25 heavy (non-hydrogen) atoms. The van der Waals surface area contributed by atoms with E-state index in [1.807, 2.05) is 18.2 Å². The van der Waals surface area contributed by atoms with Crippen molar-refractivity contribution in [1.29, 1.82) is 0 Å². The lowest BCUT2D eigenvalue weighted by Gasteiger charge is -2.35. The Kier molecular flexibility index (Phi) is 8.01. The predicted octanol–water partition coefficient (Wildman–Crippen LogP) is 1.94. The molecular weight excluding hydrogens is 320 g/mol. The summed E-state index contributed by atoms with van der Waals surface area (Å²) in [4.78, 5) is 14.6. The number of nitrogens with zero attached hydrogens (tertiary/aromatic N) is 1. The molecule has 1 aliphatic rings. The van der Waals surface area contributed by atoms with E-state index in [0.717, 1.165) is 32.7 Å². The number of benzene rings is 1. The van der Waals surface area contributed by atoms with Gasteiger partial charge in [-0.3, -0.25) is 9.69 Å². The lowest BCUT2D eigenvalue weighted by molar-refractivity contribution is -0.123. The van der Waals surface area contributed by atoms with Crippen LogP contribution >= 0.6 is 0 Å². The molecule has 6 nitrogen and oxygen atoms in total. The van der Waals surface area contributed by atoms with E-state index in [4.69, 9.17) is 14.2 Å². The number of para-hydroxylation sites is 2. The van der Waals surface area contributed by atoms with Crippen LogP contribution < -0.4 is 14.8 Å². The van der Waals surface area contributed by atoms with Crippen molar-refractivity contribution in [3.05, 3.63) is 24.3 Å². The Hall–Kier alpha value is -1.79. The smallest absolute Gasteiger partial charge is 0.257 e. The normalized spacial score (nSPS) is 16.5. The molecule has 0 radical (unpaired) electrons. The van der Waals surface area contributed by atoms with Crippen molar-refractivity contribution < 1.29 is 19.0 Å². The van der Waals surface area contributed by atoms with Gasteiger partial charge in [-0.1, -0.05) is 26.0 Å². The van der Waals surface area contributed by atoms with Crippen LogP contribution in [0.1, 0.15) is 20.3 Å². The summed E-state index contributed by atoms with van der Waals surface area (Å²) in [6, 6.07) is 7.66. The van der Waals surface area contributed by atoms with Gasteiger partial charge in [-0.25, -0.2) is 0 Å². The Bertz CT molecular complexity index is 530. The van der Waals surface area contributed by atoms with Gasteiger partial charge in [0.15, 0.2) is 18.1 Å². The van der Waals surface area contributed by atoms with Crippen LogP contribution in [0, 0.1) is 5.92 Å². The Labute approximate surface area is 150 Å². The zero-order valence-electron chi connectivity index (χ0n) is 15.5. The summed E-state index contributed by atoms with van der Waals surface area (Å²) in [6.07, 6.45) is 1.05. The first-order valence-electron chi connectivity index (χ1n) is 8.94. The standard InChI is InChI=1S/C19H30N2O4/c1-15(2)12-16(21-8-10-24-11-9-21)13-20-19(22)14-25-18-7-5-4-6-17(18)23-3/h4-7,15-16H,8-14H2,1-3H3,(H,20,22). The molecule has 1 aromatic rings. The van der Waals surface area contributed by atoms with E-state index < -0.39 is 0 Å². The number of hydrogen-bond acceptors (Lipinski definition) is 5. The second kappa shape index (κ2) is 10.3. The zero-order valence-corrected chi connectivity index (χ0v) is 15.5. The summed E-state index contributed by atoms with van der Waals surface area (Å²) < 4.78 is 16.2. The van der Waals surface area contributed by atoms with Gasteiger partial charge in [-0.15, -0.1) is 0 Å². The lowest BCUT2D eigenvalue weighted by atomic mass is 10.0. The fourth-order valence-electron chi connectivity index (χ4n) is 3.01. The van der Waals surface area contributed by atoms with Crippen molar-refractivity contribution in [2.75, 3.05) is 46.6 Å². The Morgan fingerprint density at radius 2 is 1.92 bits per heavy atom. The topological polar surface area (TPSA) is 60.0 Å². The summed E-state index contributed by atoms with van der Waals surface area (Å²) in [6.45, 7) is 8.40. The molecule has 1 fully saturated rings. The minimum Gasteiger partial charge on any atom is -0.493 e. The Morgan fingerprint density at radius 3 is 2.56 bits per heavy atom. The van der Waals surface area contributed by atoms with Crippen molar-refractivity contribution in [3.8, 4) is 11.5 Å². The van der Waals surface area contributed by atoms with Gasteiger partial charge >= 0.3 is 0 Å². The minimum absolute atomic E-state index is 0.0160. The number of ether oxygens (including phenoxy) is 3. The Morgan fingerprint density at radius 1 is 1.24 bits per heavy atom. The number of rotatable bonds is 9. The summed E-state index contributed by atoms with van der Waals surface area (Å²) in [7, 11) is 1.58. The third-order valence-electron chi connectivity index (χ3n) is 4.27. The van der Waals surface area contributed by atoms with E-state index in [9.17, 15) is 4.79 Å². The van der Waals surface area contributed by atoms with Gasteiger partial charge < -0.3 is 19.5 Å². The van der Waals surface area contributed by atoms with E-state index >= 15 is 0 Å². The van der Waals surface area contributed by atoms with Crippen molar-refractivity contribution >= 4 is 5.91 Å². The van der Waals surface area contributed by atoms with Crippen molar-refractivity contribution in [3.63, 3.8) is 0 Å². The van der Waals surface area contributed by atoms with Gasteiger partial charge in [0.25, 0.3) is 5.91 Å². The van der Waals surface area contributed by atoms with Crippen LogP contribution in [0.4, 0.5) is 0 Å². The molecule has 1 N–H and O–H groups in total. The van der Waals surface area contributed by atoms with E-state index in [0.29, 0.717) is 30.0 Å². The highest BCUT2D eigenvalue weighted by molar-refractivity contribution is 5.77. The first kappa shape index (κ1) is 19.5. The summed E-state index contributed by atoms with van der Waals surface area (Å²) >= 11 is 0. The largest absolute Gasteiger partial charge is 0.493 e. The average Bonchev–Trinajstić information content (AvgIpc) is 2.64. The molecule has 1 unspecified atom stereocenters. The first-order chi connectivity index (χ1) is 12.1. The fourth-order valence-corrected chi connectivity index (χ4v) is 3.01. The fraction of sp³-hybridized carbons (Fsp3) is 0.632. The summed E-state index contributed by atoms with van der Waals surface area (Å²) in [5, 5.41) is 3.01. The number of nitrogens with one attached hydrogen (secondary N) is 1. The molecule has 0 aromatic heterocycles. The molecule has 0 spiro atoms. The number of morpholine rings is 1. The highest BCUT2D eigenvalue weighted by Crippen LogP contribution is 2.25. The maximum atomic E-state index is 12.2. The van der Waals surface area contributed by atoms with Gasteiger partial charge in [0.1, 0.15) is 0 Å². The lowest BCUT2D eigenvalue weighted by Crippen LogP contribution is -2.49. The zero-order chi connectivity index (χ0) is 18.1. The van der Waals surface area contributed by atoms with E-state index in [1.54, 1.807) is 13.2 Å². The number of carbonyl (C=O) groups is 1. The molecule has 1 saturated heterocycles. The van der Waals surface area contributed by atoms with Crippen LogP contribution in [0.2, 0.25) is 0 Å². The maximum Gasteiger partial charge on any atom is 0.257 e. The quantitative estimate of drug-likeness (QED) is 0.737. The summed E-state index contributed by atoms with van der Waals surface area (Å²) in [5.41, 5.74) is 0. The van der Waals surface area contributed by atoms with E-state index in [2.05, 4.69) is 24.1 Å². The van der Waals surface area contributed by atoms with Gasteiger partial charge in [-0.2, -0.15) is 0 Å².